The smallest absolute Gasteiger partial charge is 0.303 e. The molecule has 0 radical (unpaired) electrons. The minimum atomic E-state index is -0.759. The van der Waals surface area contributed by atoms with E-state index in [0.717, 1.165) is 30.1 Å². The maximum Gasteiger partial charge on any atom is 0.303 e. The van der Waals surface area contributed by atoms with Crippen LogP contribution in [0.3, 0.4) is 0 Å². The minimum absolute atomic E-state index is 0.161. The molecular formula is C14H19NO3. The molecule has 0 atom stereocenters. The van der Waals surface area contributed by atoms with E-state index in [1.54, 1.807) is 7.11 Å². The van der Waals surface area contributed by atoms with Crippen molar-refractivity contribution in [3.05, 3.63) is 23.8 Å². The lowest BCUT2D eigenvalue weighted by atomic mass is 10.1. The van der Waals surface area contributed by atoms with Crippen LogP contribution in [0.25, 0.3) is 0 Å². The van der Waals surface area contributed by atoms with Crippen molar-refractivity contribution in [1.82, 2.24) is 0 Å². The van der Waals surface area contributed by atoms with Gasteiger partial charge in [0.1, 0.15) is 5.75 Å². The Balaban J connectivity index is 2.22. The summed E-state index contributed by atoms with van der Waals surface area (Å²) in [7, 11) is 1.63. The second-order valence-electron chi connectivity index (χ2n) is 4.58. The van der Waals surface area contributed by atoms with Gasteiger partial charge in [-0.25, -0.2) is 0 Å². The molecule has 1 aliphatic rings. The molecule has 18 heavy (non-hydrogen) atoms. The van der Waals surface area contributed by atoms with Crippen LogP contribution in [0.5, 0.6) is 5.75 Å². The first kappa shape index (κ1) is 12.7. The molecule has 1 heterocycles. The predicted octanol–water partition coefficient (Wildman–Crippen LogP) is 2.31. The number of anilines is 1. The van der Waals surface area contributed by atoms with Crippen molar-refractivity contribution < 1.29 is 14.6 Å². The van der Waals surface area contributed by atoms with Gasteiger partial charge in [0.15, 0.2) is 0 Å². The number of aliphatic carboxylic acids is 1. The fraction of sp³-hybridized carbons (Fsp3) is 0.500. The molecule has 2 rings (SSSR count). The molecule has 4 nitrogen and oxygen atoms in total. The van der Waals surface area contributed by atoms with Crippen LogP contribution in [0.4, 0.5) is 5.69 Å². The molecule has 0 spiro atoms. The van der Waals surface area contributed by atoms with Gasteiger partial charge in [0, 0.05) is 25.2 Å². The number of nitrogens with zero attached hydrogens (tertiary/aromatic N) is 1. The molecule has 1 aromatic rings. The van der Waals surface area contributed by atoms with Gasteiger partial charge in [-0.05, 0) is 43.0 Å². The van der Waals surface area contributed by atoms with Gasteiger partial charge < -0.3 is 14.7 Å². The number of carboxylic acids is 1. The van der Waals surface area contributed by atoms with E-state index < -0.39 is 5.97 Å². The van der Waals surface area contributed by atoms with Crippen LogP contribution in [0.15, 0.2) is 18.2 Å². The molecule has 0 aliphatic carbocycles. The fourth-order valence-corrected chi connectivity index (χ4v) is 2.40. The predicted molar refractivity (Wildman–Crippen MR) is 70.4 cm³/mol. The Kier molecular flexibility index (Phi) is 4.07. The van der Waals surface area contributed by atoms with Gasteiger partial charge in [0.25, 0.3) is 0 Å². The highest BCUT2D eigenvalue weighted by Crippen LogP contribution is 2.29. The summed E-state index contributed by atoms with van der Waals surface area (Å²) in [6.07, 6.45) is 3.14. The van der Waals surface area contributed by atoms with Crippen LogP contribution in [0.2, 0.25) is 0 Å². The number of carbonyl (C=O) groups is 1. The molecule has 98 valence electrons. The second-order valence-corrected chi connectivity index (χ2v) is 4.58. The van der Waals surface area contributed by atoms with Crippen molar-refractivity contribution >= 4 is 11.7 Å². The van der Waals surface area contributed by atoms with Gasteiger partial charge in [-0.15, -0.1) is 0 Å². The standard InChI is InChI=1S/C14H19NO3/c1-18-12-5-6-13(15-8-2-3-9-15)11(10-12)4-7-14(16)17/h5-6,10H,2-4,7-9H2,1H3,(H,16,17). The second kappa shape index (κ2) is 5.76. The van der Waals surface area contributed by atoms with Gasteiger partial charge in [-0.1, -0.05) is 0 Å². The Morgan fingerprint density at radius 3 is 2.72 bits per heavy atom. The molecule has 0 aromatic heterocycles. The fourth-order valence-electron chi connectivity index (χ4n) is 2.40. The summed E-state index contributed by atoms with van der Waals surface area (Å²) in [6, 6.07) is 5.94. The van der Waals surface area contributed by atoms with E-state index in [9.17, 15) is 4.79 Å². The number of hydrogen-bond donors (Lipinski definition) is 1. The quantitative estimate of drug-likeness (QED) is 0.870. The topological polar surface area (TPSA) is 49.8 Å². The van der Waals surface area contributed by atoms with Crippen molar-refractivity contribution in [3.63, 3.8) is 0 Å². The third-order valence-corrected chi connectivity index (χ3v) is 3.34. The number of ether oxygens (including phenoxy) is 1. The number of rotatable bonds is 5. The van der Waals surface area contributed by atoms with Gasteiger partial charge in [-0.3, -0.25) is 4.79 Å². The van der Waals surface area contributed by atoms with Gasteiger partial charge in [-0.2, -0.15) is 0 Å². The molecule has 0 saturated carbocycles. The summed E-state index contributed by atoms with van der Waals surface area (Å²) >= 11 is 0. The molecule has 1 aromatic carbocycles. The van der Waals surface area contributed by atoms with E-state index in [4.69, 9.17) is 9.84 Å². The Bertz CT molecular complexity index is 425. The lowest BCUT2D eigenvalue weighted by Gasteiger charge is -2.21. The summed E-state index contributed by atoms with van der Waals surface area (Å²) in [5, 5.41) is 8.81. The van der Waals surface area contributed by atoms with E-state index in [2.05, 4.69) is 4.90 Å². The summed E-state index contributed by atoms with van der Waals surface area (Å²) in [4.78, 5) is 13.0. The van der Waals surface area contributed by atoms with E-state index >= 15 is 0 Å². The first-order chi connectivity index (χ1) is 8.70. The molecule has 0 unspecified atom stereocenters. The van der Waals surface area contributed by atoms with Gasteiger partial charge >= 0.3 is 5.97 Å². The van der Waals surface area contributed by atoms with Crippen LogP contribution < -0.4 is 9.64 Å². The van der Waals surface area contributed by atoms with Crippen LogP contribution in [-0.4, -0.2) is 31.3 Å². The summed E-state index contributed by atoms with van der Waals surface area (Å²) in [5.74, 6) is 0.0310. The van der Waals surface area contributed by atoms with Crippen LogP contribution in [-0.2, 0) is 11.2 Å². The van der Waals surface area contributed by atoms with Crippen molar-refractivity contribution in [2.24, 2.45) is 0 Å². The summed E-state index contributed by atoms with van der Waals surface area (Å²) in [6.45, 7) is 2.12. The SMILES string of the molecule is COc1ccc(N2CCCC2)c(CCC(=O)O)c1. The molecule has 1 fully saturated rings. The molecule has 0 bridgehead atoms. The lowest BCUT2D eigenvalue weighted by molar-refractivity contribution is -0.136. The van der Waals surface area contributed by atoms with Crippen molar-refractivity contribution in [1.29, 1.82) is 0 Å². The zero-order valence-electron chi connectivity index (χ0n) is 10.7. The molecular weight excluding hydrogens is 230 g/mol. The van der Waals surface area contributed by atoms with E-state index in [1.165, 1.54) is 12.8 Å². The first-order valence-electron chi connectivity index (χ1n) is 6.34. The highest BCUT2D eigenvalue weighted by atomic mass is 16.5. The highest BCUT2D eigenvalue weighted by Gasteiger charge is 2.16. The molecule has 4 heteroatoms. The van der Waals surface area contributed by atoms with Crippen LogP contribution >= 0.6 is 0 Å². The number of hydrogen-bond acceptors (Lipinski definition) is 3. The van der Waals surface area contributed by atoms with Crippen LogP contribution in [0, 0.1) is 0 Å². The maximum atomic E-state index is 10.7. The Labute approximate surface area is 107 Å². The molecule has 1 aliphatic heterocycles. The Morgan fingerprint density at radius 2 is 2.11 bits per heavy atom. The van der Waals surface area contributed by atoms with Crippen molar-refractivity contribution in [2.45, 2.75) is 25.7 Å². The Morgan fingerprint density at radius 1 is 1.39 bits per heavy atom. The van der Waals surface area contributed by atoms with E-state index in [-0.39, 0.29) is 6.42 Å². The average molecular weight is 249 g/mol. The normalized spacial score (nSPS) is 14.8. The molecule has 1 N–H and O–H groups in total. The van der Waals surface area contributed by atoms with Crippen LogP contribution in [0.1, 0.15) is 24.8 Å². The largest absolute Gasteiger partial charge is 0.497 e. The van der Waals surface area contributed by atoms with Crippen molar-refractivity contribution in [3.8, 4) is 5.75 Å². The summed E-state index contributed by atoms with van der Waals surface area (Å²) < 4.78 is 5.21. The van der Waals surface area contributed by atoms with Gasteiger partial charge in [0.2, 0.25) is 0 Å². The Hall–Kier alpha value is -1.71. The number of benzene rings is 1. The summed E-state index contributed by atoms with van der Waals surface area (Å²) in [5.41, 5.74) is 2.23. The first-order valence-corrected chi connectivity index (χ1v) is 6.34. The average Bonchev–Trinajstić information content (AvgIpc) is 2.89. The number of methoxy groups -OCH3 is 1. The number of aryl methyl sites for hydroxylation is 1. The minimum Gasteiger partial charge on any atom is -0.497 e. The zero-order valence-corrected chi connectivity index (χ0v) is 10.7. The monoisotopic (exact) mass is 249 g/mol. The van der Waals surface area contributed by atoms with E-state index in [1.807, 2.05) is 18.2 Å². The van der Waals surface area contributed by atoms with Gasteiger partial charge in [0.05, 0.1) is 7.11 Å². The third kappa shape index (κ3) is 2.94. The highest BCUT2D eigenvalue weighted by molar-refractivity contribution is 5.68. The molecule has 1 saturated heterocycles. The third-order valence-electron chi connectivity index (χ3n) is 3.34. The van der Waals surface area contributed by atoms with E-state index in [0.29, 0.717) is 6.42 Å². The lowest BCUT2D eigenvalue weighted by Crippen LogP contribution is -2.19. The van der Waals surface area contributed by atoms with Crippen molar-refractivity contribution in [2.75, 3.05) is 25.1 Å². The number of carboxylic acid groups (broad SMARTS) is 1. The zero-order chi connectivity index (χ0) is 13.0. The maximum absolute atomic E-state index is 10.7. The molecule has 0 amide bonds.